The summed E-state index contributed by atoms with van der Waals surface area (Å²) in [6.07, 6.45) is 3.53. The van der Waals surface area contributed by atoms with Gasteiger partial charge in [0.15, 0.2) is 0 Å². The van der Waals surface area contributed by atoms with Gasteiger partial charge in [-0.15, -0.1) is 0 Å². The summed E-state index contributed by atoms with van der Waals surface area (Å²) in [7, 11) is 1.92. The molecule has 0 aromatic heterocycles. The van der Waals surface area contributed by atoms with Crippen LogP contribution >= 0.6 is 0 Å². The lowest BCUT2D eigenvalue weighted by atomic mass is 9.81. The van der Waals surface area contributed by atoms with E-state index in [4.69, 9.17) is 5.11 Å². The number of aliphatic carboxylic acids is 3. The van der Waals surface area contributed by atoms with E-state index in [0.717, 1.165) is 48.6 Å². The van der Waals surface area contributed by atoms with Gasteiger partial charge in [-0.1, -0.05) is 42.5 Å². The fraction of sp³-hybridized carbons (Fsp3) is 0.529. The molecule has 4 amide bonds. The molecule has 48 heavy (non-hydrogen) atoms. The number of carbonyl (C=O) groups is 6. The molecular formula is C34H47N5O9. The highest BCUT2D eigenvalue weighted by Gasteiger charge is 2.30. The van der Waals surface area contributed by atoms with Gasteiger partial charge in [0.25, 0.3) is 0 Å². The summed E-state index contributed by atoms with van der Waals surface area (Å²) in [5, 5.41) is 43.0. The highest BCUT2D eigenvalue weighted by molar-refractivity contribution is 5.89. The molecular weight excluding hydrogens is 622 g/mol. The van der Waals surface area contributed by atoms with Crippen LogP contribution in [0.3, 0.4) is 0 Å². The summed E-state index contributed by atoms with van der Waals surface area (Å²) in [6, 6.07) is 9.12. The average Bonchev–Trinajstić information content (AvgIpc) is 3.05. The van der Waals surface area contributed by atoms with E-state index in [2.05, 4.69) is 26.6 Å². The van der Waals surface area contributed by atoms with Crippen LogP contribution in [-0.4, -0.2) is 89.3 Å². The van der Waals surface area contributed by atoms with Crippen LogP contribution in [0.25, 0.3) is 10.8 Å². The SMILES string of the molecule is CNCC1CCC(C(=O)NC(Cc2ccc3ccccc3c2)C(=O)NCCCC[C@H](NC(=O)N[C@@H](CCC(=O)O)C(=O)O)C(=O)O)CC1. The van der Waals surface area contributed by atoms with Gasteiger partial charge in [0.2, 0.25) is 11.8 Å². The second-order valence-corrected chi connectivity index (χ2v) is 12.3. The predicted octanol–water partition coefficient (Wildman–Crippen LogP) is 2.25. The van der Waals surface area contributed by atoms with Crippen molar-refractivity contribution in [3.63, 3.8) is 0 Å². The third-order valence-electron chi connectivity index (χ3n) is 8.67. The van der Waals surface area contributed by atoms with E-state index >= 15 is 0 Å². The average molecular weight is 670 g/mol. The molecule has 0 heterocycles. The molecule has 8 N–H and O–H groups in total. The lowest BCUT2D eigenvalue weighted by Gasteiger charge is -2.29. The minimum absolute atomic E-state index is 0.00102. The number of hydrogen-bond donors (Lipinski definition) is 8. The van der Waals surface area contributed by atoms with Gasteiger partial charge < -0.3 is 41.9 Å². The van der Waals surface area contributed by atoms with E-state index in [1.165, 1.54) is 0 Å². The summed E-state index contributed by atoms with van der Waals surface area (Å²) >= 11 is 0. The van der Waals surface area contributed by atoms with Crippen LogP contribution in [0.5, 0.6) is 0 Å². The third kappa shape index (κ3) is 12.5. The highest BCUT2D eigenvalue weighted by Crippen LogP contribution is 2.28. The minimum Gasteiger partial charge on any atom is -0.481 e. The van der Waals surface area contributed by atoms with E-state index in [0.29, 0.717) is 25.2 Å². The number of unbranched alkanes of at least 4 members (excludes halogenated alkanes) is 1. The van der Waals surface area contributed by atoms with Gasteiger partial charge in [-0.25, -0.2) is 14.4 Å². The number of nitrogens with one attached hydrogen (secondary N) is 5. The number of urea groups is 1. The normalized spacial score (nSPS) is 17.8. The Bertz CT molecular complexity index is 1430. The van der Waals surface area contributed by atoms with Crippen molar-refractivity contribution >= 4 is 46.5 Å². The molecule has 2 aromatic carbocycles. The van der Waals surface area contributed by atoms with Gasteiger partial charge in [-0.05, 0) is 87.2 Å². The van der Waals surface area contributed by atoms with Crippen molar-refractivity contribution in [3.05, 3.63) is 48.0 Å². The van der Waals surface area contributed by atoms with Gasteiger partial charge >= 0.3 is 23.9 Å². The number of carboxylic acids is 3. The zero-order valence-corrected chi connectivity index (χ0v) is 27.2. The van der Waals surface area contributed by atoms with Crippen LogP contribution in [0.15, 0.2) is 42.5 Å². The third-order valence-corrected chi connectivity index (χ3v) is 8.67. The van der Waals surface area contributed by atoms with E-state index < -0.39 is 48.5 Å². The molecule has 1 aliphatic carbocycles. The van der Waals surface area contributed by atoms with Gasteiger partial charge in [-0.3, -0.25) is 14.4 Å². The summed E-state index contributed by atoms with van der Waals surface area (Å²) in [5.41, 5.74) is 0.897. The van der Waals surface area contributed by atoms with E-state index in [1.807, 2.05) is 49.5 Å². The number of benzene rings is 2. The smallest absolute Gasteiger partial charge is 0.326 e. The number of carboxylic acid groups (broad SMARTS) is 3. The van der Waals surface area contributed by atoms with Crippen molar-refractivity contribution in [1.29, 1.82) is 0 Å². The summed E-state index contributed by atoms with van der Waals surface area (Å²) in [4.78, 5) is 72.7. The van der Waals surface area contributed by atoms with Crippen LogP contribution in [0.2, 0.25) is 0 Å². The molecule has 3 rings (SSSR count). The van der Waals surface area contributed by atoms with Crippen molar-refractivity contribution in [3.8, 4) is 0 Å². The van der Waals surface area contributed by atoms with Crippen LogP contribution < -0.4 is 26.6 Å². The van der Waals surface area contributed by atoms with Crippen LogP contribution in [0.4, 0.5) is 4.79 Å². The van der Waals surface area contributed by atoms with E-state index in [9.17, 15) is 39.0 Å². The molecule has 1 aliphatic rings. The Morgan fingerprint density at radius 2 is 1.42 bits per heavy atom. The molecule has 2 aromatic rings. The first kappa shape index (κ1) is 37.7. The molecule has 14 heteroatoms. The monoisotopic (exact) mass is 669 g/mol. The van der Waals surface area contributed by atoms with Crippen molar-refractivity contribution in [1.82, 2.24) is 26.6 Å². The second-order valence-electron chi connectivity index (χ2n) is 12.3. The van der Waals surface area contributed by atoms with Crippen molar-refractivity contribution in [2.24, 2.45) is 11.8 Å². The number of hydrogen-bond acceptors (Lipinski definition) is 7. The summed E-state index contributed by atoms with van der Waals surface area (Å²) < 4.78 is 0. The Labute approximate surface area is 279 Å². The van der Waals surface area contributed by atoms with Gasteiger partial charge in [0.05, 0.1) is 0 Å². The molecule has 1 saturated carbocycles. The fourth-order valence-corrected chi connectivity index (χ4v) is 5.97. The number of carbonyl (C=O) groups excluding carboxylic acids is 3. The molecule has 0 aliphatic heterocycles. The van der Waals surface area contributed by atoms with Crippen LogP contribution in [-0.2, 0) is 30.4 Å². The summed E-state index contributed by atoms with van der Waals surface area (Å²) in [6.45, 7) is 1.12. The van der Waals surface area contributed by atoms with Crippen LogP contribution in [0.1, 0.15) is 63.4 Å². The van der Waals surface area contributed by atoms with E-state index in [-0.39, 0.29) is 37.1 Å². The Hall–Kier alpha value is -4.72. The molecule has 1 fully saturated rings. The Kier molecular flexibility index (Phi) is 15.1. The highest BCUT2D eigenvalue weighted by atomic mass is 16.4. The topological polar surface area (TPSA) is 223 Å². The maximum Gasteiger partial charge on any atom is 0.326 e. The maximum atomic E-state index is 13.4. The lowest BCUT2D eigenvalue weighted by molar-refractivity contribution is -0.141. The molecule has 0 bridgehead atoms. The van der Waals surface area contributed by atoms with Crippen molar-refractivity contribution < 1.29 is 44.1 Å². The standard InChI is InChI=1S/C34H47N5O9/c1-35-20-21-9-13-24(14-10-21)30(42)37-28(19-22-11-12-23-6-2-3-7-25(23)18-22)31(43)36-17-5-4-8-26(32(44)45)38-34(48)39-27(33(46)47)15-16-29(40)41/h2-3,6-7,11-12,18,21,24,26-28,35H,4-5,8-10,13-17,19-20H2,1H3,(H,36,43)(H,37,42)(H,40,41)(H,44,45)(H,46,47)(H2,38,39,48)/t21?,24?,26-,27-,28?/m0/s1. The Balaban J connectivity index is 1.54. The molecule has 262 valence electrons. The molecule has 3 atom stereocenters. The second kappa shape index (κ2) is 19.2. The van der Waals surface area contributed by atoms with Gasteiger partial charge in [-0.2, -0.15) is 0 Å². The van der Waals surface area contributed by atoms with Crippen molar-refractivity contribution in [2.45, 2.75) is 82.3 Å². The van der Waals surface area contributed by atoms with Gasteiger partial charge in [0, 0.05) is 25.3 Å². The first-order chi connectivity index (χ1) is 23.0. The number of amides is 4. The fourth-order valence-electron chi connectivity index (χ4n) is 5.97. The predicted molar refractivity (Wildman–Crippen MR) is 177 cm³/mol. The molecule has 1 unspecified atom stereocenters. The molecule has 0 radical (unpaired) electrons. The van der Waals surface area contributed by atoms with E-state index in [1.54, 1.807) is 0 Å². The Morgan fingerprint density at radius 3 is 2.04 bits per heavy atom. The zero-order valence-electron chi connectivity index (χ0n) is 27.2. The number of fused-ring (bicyclic) bond motifs is 1. The molecule has 0 saturated heterocycles. The first-order valence-electron chi connectivity index (χ1n) is 16.4. The van der Waals surface area contributed by atoms with Crippen LogP contribution in [0, 0.1) is 11.8 Å². The van der Waals surface area contributed by atoms with Crippen molar-refractivity contribution in [2.75, 3.05) is 20.1 Å². The molecule has 0 spiro atoms. The first-order valence-corrected chi connectivity index (χ1v) is 16.4. The zero-order chi connectivity index (χ0) is 35.1. The quantitative estimate of drug-likeness (QED) is 0.102. The summed E-state index contributed by atoms with van der Waals surface area (Å²) in [5.74, 6) is -4.12. The van der Waals surface area contributed by atoms with Gasteiger partial charge in [0.1, 0.15) is 18.1 Å². The Morgan fingerprint density at radius 1 is 0.771 bits per heavy atom. The maximum absolute atomic E-state index is 13.4. The minimum atomic E-state index is -1.50. The molecule has 14 nitrogen and oxygen atoms in total. The largest absolute Gasteiger partial charge is 0.481 e. The number of rotatable bonds is 19. The lowest BCUT2D eigenvalue weighted by Crippen LogP contribution is -2.51.